The van der Waals surface area contributed by atoms with E-state index >= 15 is 0 Å². The molecule has 6 nitrogen and oxygen atoms in total. The number of ether oxygens (including phenoxy) is 2. The van der Waals surface area contributed by atoms with Crippen LogP contribution in [0.25, 0.3) is 0 Å². The van der Waals surface area contributed by atoms with E-state index in [4.69, 9.17) is 10.6 Å². The number of benzene rings is 1. The second-order valence-corrected chi connectivity index (χ2v) is 4.76. The van der Waals surface area contributed by atoms with Crippen molar-refractivity contribution in [1.82, 2.24) is 5.43 Å². The molecule has 1 aromatic rings. The van der Waals surface area contributed by atoms with E-state index in [1.165, 1.54) is 0 Å². The van der Waals surface area contributed by atoms with Crippen LogP contribution in [-0.2, 0) is 16.0 Å². The summed E-state index contributed by atoms with van der Waals surface area (Å²) in [5.41, 5.74) is 4.44. The Morgan fingerprint density at radius 2 is 2.00 bits per heavy atom. The maximum Gasteiger partial charge on any atom is 0.429 e. The highest BCUT2D eigenvalue weighted by molar-refractivity contribution is 5.85. The molecule has 0 radical (unpaired) electrons. The van der Waals surface area contributed by atoms with Crippen molar-refractivity contribution in [2.75, 3.05) is 7.11 Å². The number of rotatable bonds is 4. The van der Waals surface area contributed by atoms with E-state index in [2.05, 4.69) is 4.74 Å². The Hall–Kier alpha value is -2.08. The minimum Gasteiger partial charge on any atom is -0.496 e. The number of hydrogen-bond acceptors (Lipinski definition) is 5. The molecule has 1 aromatic carbocycles. The Morgan fingerprint density at radius 1 is 1.35 bits per heavy atom. The van der Waals surface area contributed by atoms with Crippen molar-refractivity contribution in [1.29, 1.82) is 0 Å². The molecule has 0 saturated carbocycles. The Labute approximate surface area is 118 Å². The average molecular weight is 280 g/mol. The van der Waals surface area contributed by atoms with Crippen molar-refractivity contribution in [3.8, 4) is 5.75 Å². The summed E-state index contributed by atoms with van der Waals surface area (Å²) in [5.74, 6) is 5.24. The number of carbonyl (C=O) groups excluding carboxylic acids is 2. The van der Waals surface area contributed by atoms with Crippen molar-refractivity contribution in [2.24, 2.45) is 5.84 Å². The Kier molecular flexibility index (Phi) is 5.52. The molecule has 0 aliphatic rings. The van der Waals surface area contributed by atoms with Crippen LogP contribution in [0.15, 0.2) is 12.1 Å². The zero-order chi connectivity index (χ0) is 15.3. The molecule has 0 saturated heterocycles. The number of hydrogen-bond donors (Lipinski definition) is 2. The molecule has 0 aliphatic carbocycles. The maximum atomic E-state index is 11.6. The predicted octanol–water partition coefficient (Wildman–Crippen LogP) is 1.80. The van der Waals surface area contributed by atoms with E-state index in [9.17, 15) is 9.59 Å². The molecule has 3 N–H and O–H groups in total. The molecule has 0 heterocycles. The predicted molar refractivity (Wildman–Crippen MR) is 74.3 cm³/mol. The molecule has 0 spiro atoms. The van der Waals surface area contributed by atoms with Crippen LogP contribution in [0.4, 0.5) is 4.79 Å². The first-order chi connectivity index (χ1) is 9.38. The Bertz CT molecular complexity index is 512. The van der Waals surface area contributed by atoms with Crippen LogP contribution in [-0.4, -0.2) is 19.2 Å². The molecule has 0 atom stereocenters. The summed E-state index contributed by atoms with van der Waals surface area (Å²) in [6.07, 6.45) is -0.964. The van der Waals surface area contributed by atoms with Crippen molar-refractivity contribution in [3.63, 3.8) is 0 Å². The monoisotopic (exact) mass is 280 g/mol. The first-order valence-electron chi connectivity index (χ1n) is 6.27. The van der Waals surface area contributed by atoms with Crippen LogP contribution in [0.1, 0.15) is 36.5 Å². The van der Waals surface area contributed by atoms with E-state index in [1.54, 1.807) is 12.5 Å². The summed E-state index contributed by atoms with van der Waals surface area (Å²) >= 11 is 0. The summed E-state index contributed by atoms with van der Waals surface area (Å²) in [4.78, 5) is 22.5. The van der Waals surface area contributed by atoms with Gasteiger partial charge in [0.15, 0.2) is 0 Å². The molecule has 110 valence electrons. The van der Waals surface area contributed by atoms with Gasteiger partial charge < -0.3 is 9.47 Å². The Morgan fingerprint density at radius 3 is 2.50 bits per heavy atom. The van der Waals surface area contributed by atoms with Crippen LogP contribution in [0.2, 0.25) is 0 Å². The molecule has 20 heavy (non-hydrogen) atoms. The lowest BCUT2D eigenvalue weighted by Crippen LogP contribution is -2.32. The van der Waals surface area contributed by atoms with Crippen molar-refractivity contribution >= 4 is 12.1 Å². The van der Waals surface area contributed by atoms with Crippen molar-refractivity contribution in [2.45, 2.75) is 33.1 Å². The van der Waals surface area contributed by atoms with Gasteiger partial charge in [0.1, 0.15) is 5.75 Å². The van der Waals surface area contributed by atoms with Crippen LogP contribution in [0, 0.1) is 6.92 Å². The minimum absolute atomic E-state index is 0.00294. The number of nitrogens with two attached hydrogens (primary N) is 1. The molecule has 0 bridgehead atoms. The van der Waals surface area contributed by atoms with Gasteiger partial charge in [-0.1, -0.05) is 19.9 Å². The third-order valence-electron chi connectivity index (χ3n) is 2.97. The number of hydrazine groups is 1. The topological polar surface area (TPSA) is 90.6 Å². The second kappa shape index (κ2) is 6.91. The molecular formula is C14H20N2O4. The first-order valence-corrected chi connectivity index (χ1v) is 6.27. The zero-order valence-corrected chi connectivity index (χ0v) is 12.1. The number of amides is 1. The van der Waals surface area contributed by atoms with Crippen LogP contribution in [0.3, 0.4) is 0 Å². The molecule has 1 amide bonds. The van der Waals surface area contributed by atoms with Gasteiger partial charge in [0.2, 0.25) is 0 Å². The number of esters is 1. The number of aryl methyl sites for hydroxylation is 1. The van der Waals surface area contributed by atoms with Gasteiger partial charge in [-0.15, -0.1) is 0 Å². The quantitative estimate of drug-likeness (QED) is 0.288. The summed E-state index contributed by atoms with van der Waals surface area (Å²) in [5, 5.41) is 0. The zero-order valence-electron chi connectivity index (χ0n) is 12.1. The highest BCUT2D eigenvalue weighted by atomic mass is 16.6. The van der Waals surface area contributed by atoms with E-state index in [0.717, 1.165) is 22.4 Å². The van der Waals surface area contributed by atoms with Gasteiger partial charge in [-0.2, -0.15) is 0 Å². The number of nitrogens with one attached hydrogen (secondary N) is 1. The lowest BCUT2D eigenvalue weighted by molar-refractivity contribution is -0.136. The molecule has 0 aromatic heterocycles. The standard InChI is InChI=1S/C14H20N2O4/c1-8(2)11-6-10(9(3)5-12(11)19-4)7-13(17)20-14(18)16-15/h5-6,8H,7,15H2,1-4H3,(H,16,18). The lowest BCUT2D eigenvalue weighted by Gasteiger charge is -2.15. The van der Waals surface area contributed by atoms with Crippen molar-refractivity contribution in [3.05, 3.63) is 28.8 Å². The average Bonchev–Trinajstić information content (AvgIpc) is 2.39. The minimum atomic E-state index is -0.967. The third kappa shape index (κ3) is 3.96. The SMILES string of the molecule is COc1cc(C)c(CC(=O)OC(=O)NN)cc1C(C)C. The lowest BCUT2D eigenvalue weighted by atomic mass is 9.95. The van der Waals surface area contributed by atoms with Gasteiger partial charge in [0.25, 0.3) is 0 Å². The largest absolute Gasteiger partial charge is 0.496 e. The van der Waals surface area contributed by atoms with Gasteiger partial charge >= 0.3 is 12.1 Å². The molecule has 0 aliphatic heterocycles. The maximum absolute atomic E-state index is 11.6. The van der Waals surface area contributed by atoms with Gasteiger partial charge in [-0.05, 0) is 35.6 Å². The van der Waals surface area contributed by atoms with Crippen LogP contribution in [0.5, 0.6) is 5.75 Å². The molecule has 1 rings (SSSR count). The number of methoxy groups -OCH3 is 1. The van der Waals surface area contributed by atoms with Crippen LogP contribution < -0.4 is 16.0 Å². The fourth-order valence-electron chi connectivity index (χ4n) is 1.89. The fraction of sp³-hybridized carbons (Fsp3) is 0.429. The van der Waals surface area contributed by atoms with Gasteiger partial charge in [-0.25, -0.2) is 10.6 Å². The normalized spacial score (nSPS) is 10.3. The summed E-state index contributed by atoms with van der Waals surface area (Å²) in [6, 6.07) is 3.78. The highest BCUT2D eigenvalue weighted by Gasteiger charge is 2.15. The number of carbonyl (C=O) groups is 2. The Balaban J connectivity index is 2.98. The molecule has 6 heteroatoms. The van der Waals surface area contributed by atoms with Gasteiger partial charge in [0.05, 0.1) is 13.5 Å². The van der Waals surface area contributed by atoms with E-state index in [0.29, 0.717) is 0 Å². The summed E-state index contributed by atoms with van der Waals surface area (Å²) < 4.78 is 9.80. The van der Waals surface area contributed by atoms with Gasteiger partial charge in [-0.3, -0.25) is 10.2 Å². The molecule has 0 fully saturated rings. The van der Waals surface area contributed by atoms with Crippen LogP contribution >= 0.6 is 0 Å². The van der Waals surface area contributed by atoms with Gasteiger partial charge in [0, 0.05) is 0 Å². The molecular weight excluding hydrogens is 260 g/mol. The summed E-state index contributed by atoms with van der Waals surface area (Å²) in [6.45, 7) is 5.95. The second-order valence-electron chi connectivity index (χ2n) is 4.76. The van der Waals surface area contributed by atoms with Crippen molar-refractivity contribution < 1.29 is 19.1 Å². The molecule has 0 unspecified atom stereocenters. The summed E-state index contributed by atoms with van der Waals surface area (Å²) in [7, 11) is 1.61. The van der Waals surface area contributed by atoms with E-state index < -0.39 is 12.1 Å². The fourth-order valence-corrected chi connectivity index (χ4v) is 1.89. The van der Waals surface area contributed by atoms with E-state index in [-0.39, 0.29) is 12.3 Å². The third-order valence-corrected chi connectivity index (χ3v) is 2.97. The van der Waals surface area contributed by atoms with E-state index in [1.807, 2.05) is 32.9 Å². The first kappa shape index (κ1) is 16.0. The highest BCUT2D eigenvalue weighted by Crippen LogP contribution is 2.29. The smallest absolute Gasteiger partial charge is 0.429 e.